The van der Waals surface area contributed by atoms with Crippen molar-refractivity contribution in [1.29, 1.82) is 0 Å². The third-order valence-electron chi connectivity index (χ3n) is 2.28. The van der Waals surface area contributed by atoms with E-state index in [0.717, 1.165) is 29.5 Å². The predicted octanol–water partition coefficient (Wildman–Crippen LogP) is 2.32. The first kappa shape index (κ1) is 11.1. The summed E-state index contributed by atoms with van der Waals surface area (Å²) in [5.74, 6) is 0. The number of rotatable bonds is 4. The second kappa shape index (κ2) is 5.09. The Bertz CT molecular complexity index is 448. The second-order valence-electron chi connectivity index (χ2n) is 3.70. The smallest absolute Gasteiger partial charge is 0.0897 e. The van der Waals surface area contributed by atoms with E-state index >= 15 is 0 Å². The molecule has 0 atom stereocenters. The molecule has 2 aromatic rings. The average Bonchev–Trinajstić information content (AvgIpc) is 2.67. The minimum Gasteiger partial charge on any atom is -0.399 e. The van der Waals surface area contributed by atoms with Gasteiger partial charge in [-0.3, -0.25) is 0 Å². The van der Waals surface area contributed by atoms with Gasteiger partial charge in [-0.2, -0.15) is 0 Å². The number of nitrogens with one attached hydrogen (secondary N) is 1. The van der Waals surface area contributed by atoms with Gasteiger partial charge in [0, 0.05) is 24.2 Å². The first-order valence-corrected chi connectivity index (χ1v) is 6.08. The standard InChI is InChI=1S/C12H15N3S/c1-9-15-12(8-16-9)7-14-6-10-2-4-11(13)5-3-10/h2-5,8,14H,6-7,13H2,1H3. The number of aromatic nitrogens is 1. The van der Waals surface area contributed by atoms with Gasteiger partial charge in [0.25, 0.3) is 0 Å². The number of nitrogen functional groups attached to an aromatic ring is 1. The molecule has 1 aromatic carbocycles. The molecule has 1 heterocycles. The molecular weight excluding hydrogens is 218 g/mol. The van der Waals surface area contributed by atoms with E-state index in [1.165, 1.54) is 5.56 Å². The number of nitrogens with two attached hydrogens (primary N) is 1. The topological polar surface area (TPSA) is 50.9 Å². The van der Waals surface area contributed by atoms with Crippen LogP contribution in [0.4, 0.5) is 5.69 Å². The molecule has 0 fully saturated rings. The predicted molar refractivity (Wildman–Crippen MR) is 68.2 cm³/mol. The van der Waals surface area contributed by atoms with Crippen LogP contribution in [0.2, 0.25) is 0 Å². The van der Waals surface area contributed by atoms with Crippen molar-refractivity contribution >= 4 is 17.0 Å². The third kappa shape index (κ3) is 3.05. The van der Waals surface area contributed by atoms with Gasteiger partial charge >= 0.3 is 0 Å². The molecule has 0 bridgehead atoms. The molecule has 0 saturated carbocycles. The molecule has 3 N–H and O–H groups in total. The lowest BCUT2D eigenvalue weighted by atomic mass is 10.2. The molecule has 1 aromatic heterocycles. The number of hydrogen-bond acceptors (Lipinski definition) is 4. The lowest BCUT2D eigenvalue weighted by molar-refractivity contribution is 0.682. The lowest BCUT2D eigenvalue weighted by Crippen LogP contribution is -2.12. The molecule has 84 valence electrons. The summed E-state index contributed by atoms with van der Waals surface area (Å²) in [6.07, 6.45) is 0. The Morgan fingerprint density at radius 1 is 1.25 bits per heavy atom. The van der Waals surface area contributed by atoms with Crippen molar-refractivity contribution < 1.29 is 0 Å². The number of anilines is 1. The van der Waals surface area contributed by atoms with Gasteiger partial charge in [0.1, 0.15) is 0 Å². The summed E-state index contributed by atoms with van der Waals surface area (Å²) in [4.78, 5) is 4.39. The zero-order chi connectivity index (χ0) is 11.4. The molecule has 16 heavy (non-hydrogen) atoms. The minimum atomic E-state index is 0.805. The maximum absolute atomic E-state index is 5.62. The molecular formula is C12H15N3S. The Kier molecular flexibility index (Phi) is 3.54. The molecule has 0 spiro atoms. The molecule has 0 aliphatic carbocycles. The van der Waals surface area contributed by atoms with Crippen molar-refractivity contribution in [2.75, 3.05) is 5.73 Å². The Morgan fingerprint density at radius 2 is 2.00 bits per heavy atom. The van der Waals surface area contributed by atoms with E-state index in [-0.39, 0.29) is 0 Å². The van der Waals surface area contributed by atoms with E-state index in [1.54, 1.807) is 11.3 Å². The van der Waals surface area contributed by atoms with Gasteiger partial charge in [-0.25, -0.2) is 4.98 Å². The fraction of sp³-hybridized carbons (Fsp3) is 0.250. The molecule has 0 unspecified atom stereocenters. The first-order chi connectivity index (χ1) is 7.74. The summed E-state index contributed by atoms with van der Waals surface area (Å²) in [6.45, 7) is 3.68. The van der Waals surface area contributed by atoms with Crippen molar-refractivity contribution in [3.05, 3.63) is 45.9 Å². The molecule has 0 saturated heterocycles. The molecule has 4 heteroatoms. The molecule has 0 radical (unpaired) electrons. The largest absolute Gasteiger partial charge is 0.399 e. The normalized spacial score (nSPS) is 10.6. The number of aryl methyl sites for hydroxylation is 1. The highest BCUT2D eigenvalue weighted by molar-refractivity contribution is 7.09. The highest BCUT2D eigenvalue weighted by Gasteiger charge is 1.97. The van der Waals surface area contributed by atoms with Crippen molar-refractivity contribution in [3.8, 4) is 0 Å². The SMILES string of the molecule is Cc1nc(CNCc2ccc(N)cc2)cs1. The molecule has 0 amide bonds. The first-order valence-electron chi connectivity index (χ1n) is 5.20. The Labute approximate surface area is 99.3 Å². The number of thiazole rings is 1. The molecule has 0 aliphatic rings. The van der Waals surface area contributed by atoms with Gasteiger partial charge in [0.05, 0.1) is 10.7 Å². The third-order valence-corrected chi connectivity index (χ3v) is 3.10. The van der Waals surface area contributed by atoms with Crippen LogP contribution in [0, 0.1) is 6.92 Å². The summed E-state index contributed by atoms with van der Waals surface area (Å²) in [5, 5.41) is 6.56. The van der Waals surface area contributed by atoms with Crippen molar-refractivity contribution in [2.24, 2.45) is 0 Å². The quantitative estimate of drug-likeness (QED) is 0.797. The zero-order valence-electron chi connectivity index (χ0n) is 9.23. The van der Waals surface area contributed by atoms with Crippen LogP contribution in [0.25, 0.3) is 0 Å². The van der Waals surface area contributed by atoms with Crippen LogP contribution in [0.15, 0.2) is 29.6 Å². The molecule has 0 aliphatic heterocycles. The highest BCUT2D eigenvalue weighted by Crippen LogP contribution is 2.08. The van der Waals surface area contributed by atoms with Crippen LogP contribution >= 0.6 is 11.3 Å². The fourth-order valence-electron chi connectivity index (χ4n) is 1.46. The van der Waals surface area contributed by atoms with Crippen LogP contribution in [-0.4, -0.2) is 4.98 Å². The maximum Gasteiger partial charge on any atom is 0.0897 e. The van der Waals surface area contributed by atoms with Gasteiger partial charge in [0.15, 0.2) is 0 Å². The van der Waals surface area contributed by atoms with Crippen molar-refractivity contribution in [3.63, 3.8) is 0 Å². The zero-order valence-corrected chi connectivity index (χ0v) is 10.1. The van der Waals surface area contributed by atoms with E-state index in [1.807, 2.05) is 31.2 Å². The van der Waals surface area contributed by atoms with E-state index in [9.17, 15) is 0 Å². The summed E-state index contributed by atoms with van der Waals surface area (Å²) in [5.41, 5.74) is 8.77. The van der Waals surface area contributed by atoms with Gasteiger partial charge < -0.3 is 11.1 Å². The fourth-order valence-corrected chi connectivity index (χ4v) is 2.07. The van der Waals surface area contributed by atoms with Crippen LogP contribution < -0.4 is 11.1 Å². The van der Waals surface area contributed by atoms with Crippen LogP contribution in [0.1, 0.15) is 16.3 Å². The summed E-state index contributed by atoms with van der Waals surface area (Å²) < 4.78 is 0. The van der Waals surface area contributed by atoms with Gasteiger partial charge in [-0.15, -0.1) is 11.3 Å². The van der Waals surface area contributed by atoms with Crippen LogP contribution in [0.5, 0.6) is 0 Å². The minimum absolute atomic E-state index is 0.805. The molecule has 2 rings (SSSR count). The van der Waals surface area contributed by atoms with Crippen molar-refractivity contribution in [1.82, 2.24) is 10.3 Å². The highest BCUT2D eigenvalue weighted by atomic mass is 32.1. The number of hydrogen-bond donors (Lipinski definition) is 2. The maximum atomic E-state index is 5.62. The molecule has 3 nitrogen and oxygen atoms in total. The van der Waals surface area contributed by atoms with Gasteiger partial charge in [0.2, 0.25) is 0 Å². The Balaban J connectivity index is 1.82. The summed E-state index contributed by atoms with van der Waals surface area (Å²) in [6, 6.07) is 7.91. The van der Waals surface area contributed by atoms with E-state index in [0.29, 0.717) is 0 Å². The van der Waals surface area contributed by atoms with E-state index in [4.69, 9.17) is 5.73 Å². The van der Waals surface area contributed by atoms with Gasteiger partial charge in [-0.1, -0.05) is 12.1 Å². The number of nitrogens with zero attached hydrogens (tertiary/aromatic N) is 1. The Morgan fingerprint density at radius 3 is 2.62 bits per heavy atom. The summed E-state index contributed by atoms with van der Waals surface area (Å²) in [7, 11) is 0. The summed E-state index contributed by atoms with van der Waals surface area (Å²) >= 11 is 1.68. The van der Waals surface area contributed by atoms with Gasteiger partial charge in [-0.05, 0) is 24.6 Å². The number of benzene rings is 1. The average molecular weight is 233 g/mol. The second-order valence-corrected chi connectivity index (χ2v) is 4.77. The van der Waals surface area contributed by atoms with E-state index in [2.05, 4.69) is 15.7 Å². The lowest BCUT2D eigenvalue weighted by Gasteiger charge is -2.03. The van der Waals surface area contributed by atoms with Crippen LogP contribution in [0.3, 0.4) is 0 Å². The van der Waals surface area contributed by atoms with Crippen molar-refractivity contribution in [2.45, 2.75) is 20.0 Å². The Hall–Kier alpha value is -1.39. The van der Waals surface area contributed by atoms with E-state index < -0.39 is 0 Å². The monoisotopic (exact) mass is 233 g/mol. The van der Waals surface area contributed by atoms with Crippen LogP contribution in [-0.2, 0) is 13.1 Å².